The Bertz CT molecular complexity index is 1800. The molecule has 0 aliphatic rings. The maximum atomic E-state index is 12.9. The Hall–Kier alpha value is -2.81. The first-order valence-electron chi connectivity index (χ1n) is 38.3. The summed E-state index contributed by atoms with van der Waals surface area (Å²) < 4.78 is 34.8. The average Bonchev–Trinajstić information content (AvgIpc) is 3.58. The smallest absolute Gasteiger partial charge is 0.462 e. The van der Waals surface area contributed by atoms with Crippen LogP contribution in [0.1, 0.15) is 361 Å². The summed E-state index contributed by atoms with van der Waals surface area (Å²) in [5.41, 5.74) is 0. The van der Waals surface area contributed by atoms with Crippen LogP contribution in [0, 0.1) is 0 Å². The molecule has 2 unspecified atom stereocenters. The van der Waals surface area contributed by atoms with Crippen molar-refractivity contribution in [2.75, 3.05) is 47.5 Å². The second-order valence-electron chi connectivity index (χ2n) is 27.0. The van der Waals surface area contributed by atoms with Crippen LogP contribution in [-0.2, 0) is 32.7 Å². The predicted molar refractivity (Wildman–Crippen MR) is 390 cm³/mol. The van der Waals surface area contributed by atoms with Gasteiger partial charge >= 0.3 is 19.8 Å². The lowest BCUT2D eigenvalue weighted by Crippen LogP contribution is -2.37. The average molecular weight is 1280 g/mol. The van der Waals surface area contributed by atoms with Gasteiger partial charge < -0.3 is 18.9 Å². The molecule has 0 bridgehead atoms. The summed E-state index contributed by atoms with van der Waals surface area (Å²) >= 11 is 0. The molecule has 0 saturated heterocycles. The summed E-state index contributed by atoms with van der Waals surface area (Å²) in [4.78, 5) is 36.0. The van der Waals surface area contributed by atoms with Crippen molar-refractivity contribution in [1.82, 2.24) is 0 Å². The highest BCUT2D eigenvalue weighted by Crippen LogP contribution is 2.43. The van der Waals surface area contributed by atoms with Gasteiger partial charge in [0, 0.05) is 12.8 Å². The Morgan fingerprint density at radius 2 is 0.633 bits per heavy atom. The first-order chi connectivity index (χ1) is 44.0. The van der Waals surface area contributed by atoms with Gasteiger partial charge in [0.1, 0.15) is 19.8 Å². The van der Waals surface area contributed by atoms with Crippen LogP contribution >= 0.6 is 7.82 Å². The third-order valence-corrected chi connectivity index (χ3v) is 17.9. The van der Waals surface area contributed by atoms with Crippen LogP contribution in [0.5, 0.6) is 0 Å². The van der Waals surface area contributed by atoms with Crippen LogP contribution in [0.15, 0.2) is 85.1 Å². The van der Waals surface area contributed by atoms with Gasteiger partial charge in [-0.15, -0.1) is 0 Å². The van der Waals surface area contributed by atoms with E-state index in [1.54, 1.807) is 0 Å². The fourth-order valence-corrected chi connectivity index (χ4v) is 11.8. The van der Waals surface area contributed by atoms with Crippen molar-refractivity contribution >= 4 is 19.8 Å². The molecular weight excluding hydrogens is 1130 g/mol. The Morgan fingerprint density at radius 1 is 0.356 bits per heavy atom. The number of phosphoric acid groups is 1. The first-order valence-corrected chi connectivity index (χ1v) is 39.8. The van der Waals surface area contributed by atoms with Crippen LogP contribution < -0.4 is 0 Å². The third-order valence-electron chi connectivity index (χ3n) is 16.9. The van der Waals surface area contributed by atoms with Gasteiger partial charge in [-0.3, -0.25) is 18.6 Å². The van der Waals surface area contributed by atoms with E-state index in [0.29, 0.717) is 23.9 Å². The highest BCUT2D eigenvalue weighted by Gasteiger charge is 2.27. The molecule has 0 radical (unpaired) electrons. The molecule has 0 aromatic rings. The molecule has 1 N–H and O–H groups in total. The van der Waals surface area contributed by atoms with Crippen molar-refractivity contribution < 1.29 is 42.1 Å². The molecule has 0 rings (SSSR count). The van der Waals surface area contributed by atoms with Gasteiger partial charge in [0.15, 0.2) is 6.10 Å². The molecule has 10 heteroatoms. The molecule has 0 spiro atoms. The van der Waals surface area contributed by atoms with E-state index < -0.39 is 26.5 Å². The van der Waals surface area contributed by atoms with Gasteiger partial charge in [-0.05, 0) is 89.9 Å². The van der Waals surface area contributed by atoms with Crippen molar-refractivity contribution in [3.05, 3.63) is 85.1 Å². The van der Waals surface area contributed by atoms with Gasteiger partial charge in [-0.25, -0.2) is 4.57 Å². The molecule has 0 saturated carbocycles. The van der Waals surface area contributed by atoms with E-state index in [-0.39, 0.29) is 25.6 Å². The van der Waals surface area contributed by atoms with Crippen LogP contribution in [-0.4, -0.2) is 74.9 Å². The zero-order chi connectivity index (χ0) is 65.5. The Kier molecular flexibility index (Phi) is 68.3. The van der Waals surface area contributed by atoms with Crippen molar-refractivity contribution in [2.24, 2.45) is 0 Å². The molecule has 0 fully saturated rings. The zero-order valence-corrected chi connectivity index (χ0v) is 60.8. The molecule has 0 aliphatic heterocycles. The SMILES string of the molecule is CC/C=C\C/C=C\C/C=C\C/C=C\C/C=C\C/C=C\CCCCCCCCCCCCCCC(=O)OC(COC(=O)CCCCCCCCCCCCCCCCCCCCCCCCC/C=C\CCCCCCCCCC)COP(=O)(O)OCC[N+](C)(C)C. The van der Waals surface area contributed by atoms with Crippen LogP contribution in [0.25, 0.3) is 0 Å². The molecule has 0 aromatic carbocycles. The fourth-order valence-electron chi connectivity index (χ4n) is 11.1. The summed E-state index contributed by atoms with van der Waals surface area (Å²) in [6.07, 6.45) is 97.2. The van der Waals surface area contributed by atoms with Crippen molar-refractivity contribution in [2.45, 2.75) is 367 Å². The Balaban J connectivity index is 3.97. The second-order valence-corrected chi connectivity index (χ2v) is 28.5. The number of hydrogen-bond donors (Lipinski definition) is 1. The van der Waals surface area contributed by atoms with Gasteiger partial charge in [-0.2, -0.15) is 0 Å². The highest BCUT2D eigenvalue weighted by atomic mass is 31.2. The van der Waals surface area contributed by atoms with Gasteiger partial charge in [0.25, 0.3) is 0 Å². The molecular formula is C80H147NO8P+. The van der Waals surface area contributed by atoms with E-state index in [1.165, 1.54) is 250 Å². The maximum absolute atomic E-state index is 12.9. The lowest BCUT2D eigenvalue weighted by molar-refractivity contribution is -0.870. The lowest BCUT2D eigenvalue weighted by Gasteiger charge is -2.24. The van der Waals surface area contributed by atoms with E-state index in [1.807, 2.05) is 21.1 Å². The number of phosphoric ester groups is 1. The zero-order valence-electron chi connectivity index (χ0n) is 59.9. The minimum absolute atomic E-state index is 0.0303. The highest BCUT2D eigenvalue weighted by molar-refractivity contribution is 7.47. The minimum atomic E-state index is -4.40. The molecule has 0 aliphatic carbocycles. The number of carbonyl (C=O) groups is 2. The predicted octanol–water partition coefficient (Wildman–Crippen LogP) is 25.3. The summed E-state index contributed by atoms with van der Waals surface area (Å²) in [6, 6.07) is 0. The van der Waals surface area contributed by atoms with E-state index in [2.05, 4.69) is 98.9 Å². The van der Waals surface area contributed by atoms with Gasteiger partial charge in [0.2, 0.25) is 0 Å². The van der Waals surface area contributed by atoms with Crippen LogP contribution in [0.4, 0.5) is 0 Å². The number of likely N-dealkylation sites (N-methyl/N-ethyl adjacent to an activating group) is 1. The number of quaternary nitrogens is 1. The number of esters is 2. The summed E-state index contributed by atoms with van der Waals surface area (Å²) in [7, 11) is 1.48. The van der Waals surface area contributed by atoms with E-state index in [0.717, 1.165) is 77.0 Å². The number of hydrogen-bond acceptors (Lipinski definition) is 7. The number of carbonyl (C=O) groups excluding carboxylic acids is 2. The van der Waals surface area contributed by atoms with E-state index in [9.17, 15) is 19.0 Å². The second kappa shape index (κ2) is 70.5. The number of ether oxygens (including phenoxy) is 2. The summed E-state index contributed by atoms with van der Waals surface area (Å²) in [5.74, 6) is -0.786. The summed E-state index contributed by atoms with van der Waals surface area (Å²) in [5, 5.41) is 0. The number of unbranched alkanes of at least 4 members (excludes halogenated alkanes) is 43. The first kappa shape index (κ1) is 87.2. The standard InChI is InChI=1S/C80H146NO8P/c1-6-8-10-12-14-16-18-20-22-24-26-28-30-32-34-36-38-39-40-41-43-44-46-48-50-52-54-56-58-60-62-64-66-68-70-72-79(82)86-76-78(77-88-90(84,85)87-75-74-81(3,4)5)89-80(83)73-71-69-67-65-63-61-59-57-55-53-51-49-47-45-42-37-35-33-31-29-27-25-23-21-19-17-15-13-11-9-7-2/h9,11,15,17,21,23-24,26-27,29,33,35,42,45,78H,6-8,10,12-14,16,18-20,22,25,28,30-32,34,36-41,43-44,46-77H2,1-5H3/p+1/b11-9-,17-15-,23-21-,26-24-,29-27-,35-33-,45-42-. The fraction of sp³-hybridized carbons (Fsp3) is 0.800. The molecule has 0 aromatic heterocycles. The Morgan fingerprint density at radius 3 is 0.956 bits per heavy atom. The quantitative estimate of drug-likeness (QED) is 0.0211. The van der Waals surface area contributed by atoms with Crippen LogP contribution in [0.3, 0.4) is 0 Å². The molecule has 524 valence electrons. The number of rotatable bonds is 71. The maximum Gasteiger partial charge on any atom is 0.472 e. The normalized spacial score (nSPS) is 13.5. The van der Waals surface area contributed by atoms with Gasteiger partial charge in [-0.1, -0.05) is 343 Å². The minimum Gasteiger partial charge on any atom is -0.462 e. The molecule has 2 atom stereocenters. The number of allylic oxidation sites excluding steroid dienone is 14. The molecule has 0 amide bonds. The molecule has 9 nitrogen and oxygen atoms in total. The third kappa shape index (κ3) is 74.2. The Labute approximate surface area is 558 Å². The van der Waals surface area contributed by atoms with Crippen molar-refractivity contribution in [3.63, 3.8) is 0 Å². The topological polar surface area (TPSA) is 108 Å². The van der Waals surface area contributed by atoms with Crippen LogP contribution in [0.2, 0.25) is 0 Å². The van der Waals surface area contributed by atoms with E-state index >= 15 is 0 Å². The van der Waals surface area contributed by atoms with Crippen molar-refractivity contribution in [1.29, 1.82) is 0 Å². The molecule has 90 heavy (non-hydrogen) atoms. The van der Waals surface area contributed by atoms with E-state index in [4.69, 9.17) is 18.5 Å². The molecule has 0 heterocycles. The number of nitrogens with zero attached hydrogens (tertiary/aromatic N) is 1. The lowest BCUT2D eigenvalue weighted by atomic mass is 10.0. The largest absolute Gasteiger partial charge is 0.472 e. The van der Waals surface area contributed by atoms with Crippen molar-refractivity contribution in [3.8, 4) is 0 Å². The summed E-state index contributed by atoms with van der Waals surface area (Å²) in [6.45, 7) is 4.37. The monoisotopic (exact) mass is 1280 g/mol. The van der Waals surface area contributed by atoms with Gasteiger partial charge in [0.05, 0.1) is 27.7 Å².